The predicted molar refractivity (Wildman–Crippen MR) is 151 cm³/mol. The van der Waals surface area contributed by atoms with Crippen LogP contribution in [0.4, 0.5) is 5.69 Å². The first-order chi connectivity index (χ1) is 17.6. The highest BCUT2D eigenvalue weighted by Crippen LogP contribution is 2.35. The molecule has 3 aromatic carbocycles. The van der Waals surface area contributed by atoms with Crippen LogP contribution in [0.1, 0.15) is 29.2 Å². The van der Waals surface area contributed by atoms with Gasteiger partial charge in [-0.2, -0.15) is 5.10 Å². The summed E-state index contributed by atoms with van der Waals surface area (Å²) in [6, 6.07) is 30.3. The molecule has 1 aliphatic heterocycles. The quantitative estimate of drug-likeness (QED) is 0.248. The molecule has 1 atom stereocenters. The molecular weight excluding hydrogens is 438 g/mol. The molecule has 3 heteroatoms. The number of anilines is 1. The van der Waals surface area contributed by atoms with Gasteiger partial charge in [-0.25, -0.2) is 5.01 Å². The minimum atomic E-state index is 0.0641. The first-order valence-electron chi connectivity index (χ1n) is 12.4. The largest absolute Gasteiger partial charge is 0.264 e. The molecule has 0 fully saturated rings. The molecule has 1 aromatic heterocycles. The maximum absolute atomic E-state index is 4.82. The third kappa shape index (κ3) is 5.06. The SMILES string of the molecule is C=CC1C(=C)N(c2cc(Cc3ccccc3CCc3ccccc3)cc(-c3cccnc3)c2)N=C1C. The molecule has 2 heterocycles. The zero-order chi connectivity index (χ0) is 24.9. The summed E-state index contributed by atoms with van der Waals surface area (Å²) >= 11 is 0. The van der Waals surface area contributed by atoms with Gasteiger partial charge in [0.25, 0.3) is 0 Å². The number of allylic oxidation sites excluding steroid dienone is 1. The molecular formula is C33H31N3. The van der Waals surface area contributed by atoms with Crippen LogP contribution in [0.25, 0.3) is 11.1 Å². The van der Waals surface area contributed by atoms with Crippen molar-refractivity contribution < 1.29 is 0 Å². The summed E-state index contributed by atoms with van der Waals surface area (Å²) in [6.45, 7) is 10.3. The number of hydrogen-bond donors (Lipinski definition) is 0. The summed E-state index contributed by atoms with van der Waals surface area (Å²) in [6.07, 6.45) is 8.53. The van der Waals surface area contributed by atoms with Crippen molar-refractivity contribution in [2.45, 2.75) is 26.2 Å². The first kappa shape index (κ1) is 23.5. The van der Waals surface area contributed by atoms with E-state index in [0.717, 1.165) is 47.5 Å². The van der Waals surface area contributed by atoms with Gasteiger partial charge >= 0.3 is 0 Å². The molecule has 36 heavy (non-hydrogen) atoms. The first-order valence-corrected chi connectivity index (χ1v) is 12.4. The van der Waals surface area contributed by atoms with Gasteiger partial charge in [-0.1, -0.05) is 79.4 Å². The molecule has 0 amide bonds. The summed E-state index contributed by atoms with van der Waals surface area (Å²) in [5.74, 6) is 0.0641. The fourth-order valence-corrected chi connectivity index (χ4v) is 4.90. The number of pyridine rings is 1. The molecule has 0 bridgehead atoms. The highest BCUT2D eigenvalue weighted by molar-refractivity contribution is 5.93. The van der Waals surface area contributed by atoms with Crippen LogP contribution in [0.3, 0.4) is 0 Å². The van der Waals surface area contributed by atoms with E-state index in [1.54, 1.807) is 0 Å². The molecule has 4 aromatic rings. The van der Waals surface area contributed by atoms with Gasteiger partial charge in [0.15, 0.2) is 0 Å². The molecule has 0 saturated heterocycles. The Morgan fingerprint density at radius 3 is 2.33 bits per heavy atom. The van der Waals surface area contributed by atoms with Crippen molar-refractivity contribution in [3.05, 3.63) is 145 Å². The third-order valence-electron chi connectivity index (χ3n) is 6.83. The maximum atomic E-state index is 4.82. The van der Waals surface area contributed by atoms with Crippen molar-refractivity contribution in [3.8, 4) is 11.1 Å². The van der Waals surface area contributed by atoms with Gasteiger partial charge in [-0.15, -0.1) is 6.58 Å². The number of benzene rings is 3. The van der Waals surface area contributed by atoms with Crippen molar-refractivity contribution in [3.63, 3.8) is 0 Å². The standard InChI is InChI=1S/C33H31N3/c1-4-33-24(2)35-36(25(33)3)32-21-27(20-31(22-32)30-15-10-18-34-23-30)19-29-14-9-8-13-28(29)17-16-26-11-6-5-7-12-26/h4-15,18,20-23,33H,1,3,16-17,19H2,2H3. The average Bonchev–Trinajstić information content (AvgIpc) is 3.22. The van der Waals surface area contributed by atoms with Gasteiger partial charge in [0.1, 0.15) is 0 Å². The predicted octanol–water partition coefficient (Wildman–Crippen LogP) is 7.64. The van der Waals surface area contributed by atoms with Crippen LogP contribution < -0.4 is 5.01 Å². The summed E-state index contributed by atoms with van der Waals surface area (Å²) in [7, 11) is 0. The van der Waals surface area contributed by atoms with E-state index in [-0.39, 0.29) is 5.92 Å². The van der Waals surface area contributed by atoms with Crippen molar-refractivity contribution in [1.29, 1.82) is 0 Å². The second-order valence-electron chi connectivity index (χ2n) is 9.32. The van der Waals surface area contributed by atoms with E-state index in [9.17, 15) is 0 Å². The van der Waals surface area contributed by atoms with E-state index in [1.165, 1.54) is 22.3 Å². The average molecular weight is 470 g/mol. The Hall–Kier alpha value is -4.24. The normalized spacial score (nSPS) is 15.1. The molecule has 5 rings (SSSR count). The van der Waals surface area contributed by atoms with Gasteiger partial charge in [0.05, 0.1) is 11.6 Å². The fraction of sp³-hybridized carbons (Fsp3) is 0.152. The smallest absolute Gasteiger partial charge is 0.0657 e. The van der Waals surface area contributed by atoms with Gasteiger partial charge in [0, 0.05) is 29.4 Å². The lowest BCUT2D eigenvalue weighted by molar-refractivity contribution is 0.936. The highest BCUT2D eigenvalue weighted by atomic mass is 15.5. The number of hydrogen-bond acceptors (Lipinski definition) is 3. The highest BCUT2D eigenvalue weighted by Gasteiger charge is 2.27. The minimum absolute atomic E-state index is 0.0641. The Kier molecular flexibility index (Phi) is 6.90. The Morgan fingerprint density at radius 1 is 0.833 bits per heavy atom. The van der Waals surface area contributed by atoms with Gasteiger partial charge in [0.2, 0.25) is 0 Å². The topological polar surface area (TPSA) is 28.5 Å². The van der Waals surface area contributed by atoms with Crippen LogP contribution in [0.15, 0.2) is 127 Å². The van der Waals surface area contributed by atoms with Crippen molar-refractivity contribution >= 4 is 11.4 Å². The van der Waals surface area contributed by atoms with Crippen LogP contribution >= 0.6 is 0 Å². The maximum Gasteiger partial charge on any atom is 0.0657 e. The van der Waals surface area contributed by atoms with Crippen LogP contribution in [0, 0.1) is 5.92 Å². The van der Waals surface area contributed by atoms with Crippen LogP contribution in [-0.4, -0.2) is 10.7 Å². The molecule has 0 aliphatic carbocycles. The van der Waals surface area contributed by atoms with E-state index in [4.69, 9.17) is 5.10 Å². The number of aryl methyl sites for hydroxylation is 2. The molecule has 3 nitrogen and oxygen atoms in total. The summed E-state index contributed by atoms with van der Waals surface area (Å²) in [5, 5.41) is 6.78. The van der Waals surface area contributed by atoms with E-state index >= 15 is 0 Å². The van der Waals surface area contributed by atoms with Crippen molar-refractivity contribution in [2.75, 3.05) is 5.01 Å². The molecule has 0 radical (unpaired) electrons. The Balaban J connectivity index is 1.49. The molecule has 178 valence electrons. The summed E-state index contributed by atoms with van der Waals surface area (Å²) < 4.78 is 0. The van der Waals surface area contributed by atoms with Crippen molar-refractivity contribution in [2.24, 2.45) is 11.0 Å². The van der Waals surface area contributed by atoms with Crippen molar-refractivity contribution in [1.82, 2.24) is 4.98 Å². The second kappa shape index (κ2) is 10.6. The lowest BCUT2D eigenvalue weighted by Crippen LogP contribution is -2.14. The number of aromatic nitrogens is 1. The van der Waals surface area contributed by atoms with Crippen LogP contribution in [-0.2, 0) is 19.3 Å². The molecule has 1 unspecified atom stereocenters. The zero-order valence-electron chi connectivity index (χ0n) is 20.8. The molecule has 0 spiro atoms. The minimum Gasteiger partial charge on any atom is -0.264 e. The van der Waals surface area contributed by atoms with Crippen LogP contribution in [0.5, 0.6) is 0 Å². The van der Waals surface area contributed by atoms with Crippen LogP contribution in [0.2, 0.25) is 0 Å². The number of rotatable bonds is 8. The second-order valence-corrected chi connectivity index (χ2v) is 9.32. The Morgan fingerprint density at radius 2 is 1.61 bits per heavy atom. The monoisotopic (exact) mass is 469 g/mol. The van der Waals surface area contributed by atoms with Gasteiger partial charge in [-0.3, -0.25) is 4.98 Å². The van der Waals surface area contributed by atoms with Gasteiger partial charge < -0.3 is 0 Å². The summed E-state index contributed by atoms with van der Waals surface area (Å²) in [4.78, 5) is 4.35. The van der Waals surface area contributed by atoms with E-state index in [0.29, 0.717) is 0 Å². The van der Waals surface area contributed by atoms with Gasteiger partial charge in [-0.05, 0) is 72.2 Å². The number of nitrogens with zero attached hydrogens (tertiary/aromatic N) is 3. The number of hydrazone groups is 1. The summed E-state index contributed by atoms with van der Waals surface area (Å²) in [5.41, 5.74) is 10.5. The fourth-order valence-electron chi connectivity index (χ4n) is 4.90. The van der Waals surface area contributed by atoms with E-state index in [1.807, 2.05) is 36.5 Å². The zero-order valence-corrected chi connectivity index (χ0v) is 20.8. The molecule has 0 N–H and O–H groups in total. The Labute approximate surface area is 214 Å². The van der Waals surface area contributed by atoms with E-state index in [2.05, 4.69) is 97.0 Å². The molecule has 0 saturated carbocycles. The third-order valence-corrected chi connectivity index (χ3v) is 6.83. The van der Waals surface area contributed by atoms with E-state index < -0.39 is 0 Å². The lowest BCUT2D eigenvalue weighted by Gasteiger charge is -2.20. The lowest BCUT2D eigenvalue weighted by atomic mass is 9.93. The Bertz CT molecular complexity index is 1400. The molecule has 1 aliphatic rings.